The van der Waals surface area contributed by atoms with Crippen LogP contribution in [0.15, 0.2) is 18.2 Å². The zero-order valence-electron chi connectivity index (χ0n) is 10.6. The van der Waals surface area contributed by atoms with Gasteiger partial charge in [-0.05, 0) is 32.8 Å². The molecule has 1 aromatic rings. The molecule has 1 aliphatic rings. The van der Waals surface area contributed by atoms with Crippen molar-refractivity contribution in [2.24, 2.45) is 0 Å². The first-order valence-electron chi connectivity index (χ1n) is 6.06. The summed E-state index contributed by atoms with van der Waals surface area (Å²) in [5.41, 5.74) is 2.23. The van der Waals surface area contributed by atoms with Crippen molar-refractivity contribution in [2.45, 2.75) is 44.3 Å². The van der Waals surface area contributed by atoms with E-state index in [2.05, 4.69) is 19.9 Å². The van der Waals surface area contributed by atoms with Crippen molar-refractivity contribution >= 4 is 11.6 Å². The lowest BCUT2D eigenvalue weighted by Gasteiger charge is -2.20. The summed E-state index contributed by atoms with van der Waals surface area (Å²) in [6.45, 7) is 4.15. The fraction of sp³-hybridized carbons (Fsp3) is 0.571. The summed E-state index contributed by atoms with van der Waals surface area (Å²) in [6, 6.07) is 6.09. The molecule has 1 aromatic carbocycles. The van der Waals surface area contributed by atoms with Crippen LogP contribution in [0.4, 0.5) is 0 Å². The molecule has 0 bridgehead atoms. The fourth-order valence-corrected chi connectivity index (χ4v) is 2.67. The Labute approximate surface area is 108 Å². The molecule has 2 rings (SSSR count). The van der Waals surface area contributed by atoms with Crippen LogP contribution in [-0.2, 0) is 4.74 Å². The van der Waals surface area contributed by atoms with Gasteiger partial charge in [0.1, 0.15) is 5.75 Å². The van der Waals surface area contributed by atoms with Crippen LogP contribution < -0.4 is 4.74 Å². The number of ether oxygens (including phenoxy) is 2. The molecule has 0 spiro atoms. The Hall–Kier alpha value is -0.730. The van der Waals surface area contributed by atoms with E-state index in [0.29, 0.717) is 6.10 Å². The molecule has 3 atom stereocenters. The molecule has 0 saturated carbocycles. The van der Waals surface area contributed by atoms with E-state index in [9.17, 15) is 0 Å². The highest BCUT2D eigenvalue weighted by molar-refractivity contribution is 6.21. The van der Waals surface area contributed by atoms with Crippen molar-refractivity contribution in [3.63, 3.8) is 0 Å². The van der Waals surface area contributed by atoms with E-state index in [1.54, 1.807) is 7.11 Å². The number of alkyl halides is 1. The Kier molecular flexibility index (Phi) is 3.95. The van der Waals surface area contributed by atoms with Crippen LogP contribution in [0.1, 0.15) is 36.3 Å². The van der Waals surface area contributed by atoms with E-state index in [0.717, 1.165) is 24.2 Å². The molecule has 0 N–H and O–H groups in total. The summed E-state index contributed by atoms with van der Waals surface area (Å²) in [4.78, 5) is 0. The average molecular weight is 255 g/mol. The van der Waals surface area contributed by atoms with Gasteiger partial charge < -0.3 is 9.47 Å². The molecule has 3 unspecified atom stereocenters. The van der Waals surface area contributed by atoms with Crippen LogP contribution in [0, 0.1) is 6.92 Å². The lowest BCUT2D eigenvalue weighted by Crippen LogP contribution is -2.15. The third-order valence-electron chi connectivity index (χ3n) is 3.27. The van der Waals surface area contributed by atoms with Crippen LogP contribution >= 0.6 is 11.6 Å². The average Bonchev–Trinajstić information content (AvgIpc) is 2.75. The Balaban J connectivity index is 2.23. The Morgan fingerprint density at radius 3 is 2.76 bits per heavy atom. The van der Waals surface area contributed by atoms with Crippen molar-refractivity contribution in [3.05, 3.63) is 29.3 Å². The van der Waals surface area contributed by atoms with E-state index in [1.807, 2.05) is 12.1 Å². The van der Waals surface area contributed by atoms with E-state index in [4.69, 9.17) is 21.1 Å². The normalized spacial score (nSPS) is 25.9. The summed E-state index contributed by atoms with van der Waals surface area (Å²) >= 11 is 6.53. The van der Waals surface area contributed by atoms with Gasteiger partial charge in [-0.3, -0.25) is 0 Å². The maximum Gasteiger partial charge on any atom is 0.123 e. The van der Waals surface area contributed by atoms with Gasteiger partial charge in [0.15, 0.2) is 0 Å². The summed E-state index contributed by atoms with van der Waals surface area (Å²) in [5, 5.41) is -0.130. The standard InChI is InChI=1S/C14H19ClO2/c1-9-4-6-12(16-3)11(8-9)14(15)13-7-5-10(2)17-13/h4,6,8,10,13-14H,5,7H2,1-3H3. The maximum absolute atomic E-state index is 6.53. The van der Waals surface area contributed by atoms with Crippen LogP contribution in [0.3, 0.4) is 0 Å². The fourth-order valence-electron chi connectivity index (χ4n) is 2.32. The summed E-state index contributed by atoms with van der Waals surface area (Å²) < 4.78 is 11.2. The molecule has 1 saturated heterocycles. The van der Waals surface area contributed by atoms with Gasteiger partial charge in [-0.2, -0.15) is 0 Å². The molecular formula is C14H19ClO2. The molecule has 0 radical (unpaired) electrons. The first-order valence-corrected chi connectivity index (χ1v) is 6.49. The largest absolute Gasteiger partial charge is 0.496 e. The number of halogens is 1. The predicted octanol–water partition coefficient (Wildman–Crippen LogP) is 3.85. The van der Waals surface area contributed by atoms with Crippen molar-refractivity contribution in [1.29, 1.82) is 0 Å². The van der Waals surface area contributed by atoms with Gasteiger partial charge in [-0.25, -0.2) is 0 Å². The monoisotopic (exact) mass is 254 g/mol. The van der Waals surface area contributed by atoms with Gasteiger partial charge >= 0.3 is 0 Å². The Bertz CT molecular complexity index is 392. The summed E-state index contributed by atoms with van der Waals surface area (Å²) in [7, 11) is 1.68. The molecule has 17 heavy (non-hydrogen) atoms. The minimum Gasteiger partial charge on any atom is -0.496 e. The second kappa shape index (κ2) is 5.28. The van der Waals surface area contributed by atoms with E-state index >= 15 is 0 Å². The molecule has 0 aromatic heterocycles. The lowest BCUT2D eigenvalue weighted by atomic mass is 10.0. The van der Waals surface area contributed by atoms with Crippen molar-refractivity contribution in [3.8, 4) is 5.75 Å². The SMILES string of the molecule is COc1ccc(C)cc1C(Cl)C1CCC(C)O1. The lowest BCUT2D eigenvalue weighted by molar-refractivity contribution is 0.0530. The van der Waals surface area contributed by atoms with Crippen LogP contribution in [0.5, 0.6) is 5.75 Å². The highest BCUT2D eigenvalue weighted by Crippen LogP contribution is 2.38. The van der Waals surface area contributed by atoms with Gasteiger partial charge in [-0.15, -0.1) is 11.6 Å². The predicted molar refractivity (Wildman–Crippen MR) is 69.9 cm³/mol. The molecule has 1 heterocycles. The molecule has 0 aliphatic carbocycles. The molecule has 2 nitrogen and oxygen atoms in total. The highest BCUT2D eigenvalue weighted by atomic mass is 35.5. The van der Waals surface area contributed by atoms with Gasteiger partial charge in [0, 0.05) is 5.56 Å². The topological polar surface area (TPSA) is 18.5 Å². The first kappa shape index (κ1) is 12.7. The Morgan fingerprint density at radius 1 is 1.41 bits per heavy atom. The molecule has 94 valence electrons. The maximum atomic E-state index is 6.53. The summed E-state index contributed by atoms with van der Waals surface area (Å²) in [5.74, 6) is 0.846. The van der Waals surface area contributed by atoms with E-state index < -0.39 is 0 Å². The van der Waals surface area contributed by atoms with Crippen molar-refractivity contribution in [1.82, 2.24) is 0 Å². The van der Waals surface area contributed by atoms with Crippen molar-refractivity contribution < 1.29 is 9.47 Å². The molecule has 0 amide bonds. The van der Waals surface area contributed by atoms with Crippen LogP contribution in [0.2, 0.25) is 0 Å². The third-order valence-corrected chi connectivity index (χ3v) is 3.79. The van der Waals surface area contributed by atoms with Crippen LogP contribution in [0.25, 0.3) is 0 Å². The quantitative estimate of drug-likeness (QED) is 0.763. The summed E-state index contributed by atoms with van der Waals surface area (Å²) in [6.07, 6.45) is 2.52. The number of benzene rings is 1. The van der Waals surface area contributed by atoms with E-state index in [-0.39, 0.29) is 11.5 Å². The van der Waals surface area contributed by atoms with E-state index in [1.165, 1.54) is 5.56 Å². The van der Waals surface area contributed by atoms with Crippen molar-refractivity contribution in [2.75, 3.05) is 7.11 Å². The minimum absolute atomic E-state index is 0.0994. The number of hydrogen-bond acceptors (Lipinski definition) is 2. The molecule has 1 aliphatic heterocycles. The van der Waals surface area contributed by atoms with Gasteiger partial charge in [0.2, 0.25) is 0 Å². The third kappa shape index (κ3) is 2.75. The molecule has 3 heteroatoms. The highest BCUT2D eigenvalue weighted by Gasteiger charge is 2.30. The Morgan fingerprint density at radius 2 is 2.18 bits per heavy atom. The number of aryl methyl sites for hydroxylation is 1. The second-order valence-corrected chi connectivity index (χ2v) is 5.18. The molecular weight excluding hydrogens is 236 g/mol. The number of hydrogen-bond donors (Lipinski definition) is 0. The van der Waals surface area contributed by atoms with Gasteiger partial charge in [-0.1, -0.05) is 17.7 Å². The smallest absolute Gasteiger partial charge is 0.123 e. The minimum atomic E-state index is -0.130. The second-order valence-electron chi connectivity index (χ2n) is 4.71. The first-order chi connectivity index (χ1) is 8.11. The number of rotatable bonds is 3. The van der Waals surface area contributed by atoms with Gasteiger partial charge in [0.25, 0.3) is 0 Å². The zero-order valence-corrected chi connectivity index (χ0v) is 11.3. The van der Waals surface area contributed by atoms with Gasteiger partial charge in [0.05, 0.1) is 24.7 Å². The number of methoxy groups -OCH3 is 1. The molecule has 1 fully saturated rings. The zero-order chi connectivity index (χ0) is 12.4. The van der Waals surface area contributed by atoms with Crippen LogP contribution in [-0.4, -0.2) is 19.3 Å².